The van der Waals surface area contributed by atoms with Crippen molar-refractivity contribution in [3.05, 3.63) is 23.7 Å². The molecule has 2 heterocycles. The Hall–Kier alpha value is -0.840. The standard InChI is InChI=1S/C14H24N2O2/c1-4-15-9-12-5-7-18-14(12)10-16(3)13-6-8-17-11(13)2/h5,7,11,13,15H,4,6,8-10H2,1-3H3. The third-order valence-electron chi connectivity index (χ3n) is 3.70. The molecule has 0 amide bonds. The molecule has 4 heteroatoms. The van der Waals surface area contributed by atoms with E-state index in [0.717, 1.165) is 38.4 Å². The smallest absolute Gasteiger partial charge is 0.122 e. The molecule has 2 atom stereocenters. The van der Waals surface area contributed by atoms with Gasteiger partial charge in [-0.05, 0) is 33.0 Å². The molecular formula is C14H24N2O2. The highest BCUT2D eigenvalue weighted by atomic mass is 16.5. The highest BCUT2D eigenvalue weighted by Gasteiger charge is 2.28. The molecule has 2 rings (SSSR count). The minimum absolute atomic E-state index is 0.321. The summed E-state index contributed by atoms with van der Waals surface area (Å²) in [5.74, 6) is 1.07. The zero-order chi connectivity index (χ0) is 13.0. The molecule has 1 aromatic heterocycles. The molecule has 0 bridgehead atoms. The van der Waals surface area contributed by atoms with Gasteiger partial charge in [0.1, 0.15) is 5.76 Å². The Bertz CT molecular complexity index is 364. The maximum Gasteiger partial charge on any atom is 0.122 e. The molecule has 1 aromatic rings. The summed E-state index contributed by atoms with van der Waals surface area (Å²) >= 11 is 0. The predicted octanol–water partition coefficient (Wildman–Crippen LogP) is 2.00. The quantitative estimate of drug-likeness (QED) is 0.840. The van der Waals surface area contributed by atoms with Crippen molar-refractivity contribution in [3.63, 3.8) is 0 Å². The van der Waals surface area contributed by atoms with Gasteiger partial charge in [-0.1, -0.05) is 6.92 Å². The molecule has 0 aromatic carbocycles. The van der Waals surface area contributed by atoms with Gasteiger partial charge in [0.05, 0.1) is 18.9 Å². The van der Waals surface area contributed by atoms with E-state index in [9.17, 15) is 0 Å². The topological polar surface area (TPSA) is 37.6 Å². The molecule has 1 N–H and O–H groups in total. The lowest BCUT2D eigenvalue weighted by Gasteiger charge is -2.26. The minimum atomic E-state index is 0.321. The van der Waals surface area contributed by atoms with Gasteiger partial charge in [0.2, 0.25) is 0 Å². The van der Waals surface area contributed by atoms with Crippen LogP contribution in [0.2, 0.25) is 0 Å². The summed E-state index contributed by atoms with van der Waals surface area (Å²) < 4.78 is 11.2. The first kappa shape index (κ1) is 13.6. The summed E-state index contributed by atoms with van der Waals surface area (Å²) in [5.41, 5.74) is 1.26. The molecule has 2 unspecified atom stereocenters. The van der Waals surface area contributed by atoms with E-state index in [4.69, 9.17) is 9.15 Å². The second-order valence-corrected chi connectivity index (χ2v) is 5.00. The first-order valence-corrected chi connectivity index (χ1v) is 6.80. The zero-order valence-corrected chi connectivity index (χ0v) is 11.6. The van der Waals surface area contributed by atoms with Crippen LogP contribution >= 0.6 is 0 Å². The average molecular weight is 252 g/mol. The number of nitrogens with one attached hydrogen (secondary N) is 1. The normalized spacial score (nSPS) is 24.0. The largest absolute Gasteiger partial charge is 0.468 e. The third kappa shape index (κ3) is 3.13. The van der Waals surface area contributed by atoms with Crippen molar-refractivity contribution in [1.82, 2.24) is 10.2 Å². The van der Waals surface area contributed by atoms with Gasteiger partial charge in [-0.25, -0.2) is 0 Å². The molecule has 1 fully saturated rings. The summed E-state index contributed by atoms with van der Waals surface area (Å²) in [5, 5.41) is 3.34. The number of likely N-dealkylation sites (N-methyl/N-ethyl adjacent to an activating group) is 1. The van der Waals surface area contributed by atoms with E-state index < -0.39 is 0 Å². The first-order valence-electron chi connectivity index (χ1n) is 6.80. The number of nitrogens with zero attached hydrogens (tertiary/aromatic N) is 1. The van der Waals surface area contributed by atoms with Gasteiger partial charge in [-0.15, -0.1) is 0 Å². The van der Waals surface area contributed by atoms with Crippen LogP contribution in [0.1, 0.15) is 31.6 Å². The number of rotatable bonds is 6. The molecule has 1 saturated heterocycles. The van der Waals surface area contributed by atoms with Crippen molar-refractivity contribution in [2.24, 2.45) is 0 Å². The molecule has 0 aliphatic carbocycles. The van der Waals surface area contributed by atoms with Gasteiger partial charge in [0, 0.05) is 24.8 Å². The van der Waals surface area contributed by atoms with Gasteiger partial charge in [0.25, 0.3) is 0 Å². The lowest BCUT2D eigenvalue weighted by Crippen LogP contribution is -2.36. The van der Waals surface area contributed by atoms with Crippen LogP contribution in [0.25, 0.3) is 0 Å². The summed E-state index contributed by atoms with van der Waals surface area (Å²) in [4.78, 5) is 2.34. The average Bonchev–Trinajstić information content (AvgIpc) is 2.95. The van der Waals surface area contributed by atoms with E-state index in [2.05, 4.69) is 37.2 Å². The van der Waals surface area contributed by atoms with E-state index in [-0.39, 0.29) is 0 Å². The van der Waals surface area contributed by atoms with Gasteiger partial charge >= 0.3 is 0 Å². The Morgan fingerprint density at radius 2 is 2.33 bits per heavy atom. The predicted molar refractivity (Wildman–Crippen MR) is 71.4 cm³/mol. The fourth-order valence-corrected chi connectivity index (χ4v) is 2.57. The number of hydrogen-bond acceptors (Lipinski definition) is 4. The molecule has 1 aliphatic rings. The second kappa shape index (κ2) is 6.36. The summed E-state index contributed by atoms with van der Waals surface area (Å²) in [7, 11) is 2.15. The summed E-state index contributed by atoms with van der Waals surface area (Å²) in [6.07, 6.45) is 3.22. The van der Waals surface area contributed by atoms with Crippen LogP contribution in [-0.2, 0) is 17.8 Å². The van der Waals surface area contributed by atoms with Crippen molar-refractivity contribution in [2.45, 2.75) is 45.5 Å². The SMILES string of the molecule is CCNCc1ccoc1CN(C)C1CCOC1C. The zero-order valence-electron chi connectivity index (χ0n) is 11.6. The van der Waals surface area contributed by atoms with Crippen LogP contribution in [-0.4, -0.2) is 37.2 Å². The van der Waals surface area contributed by atoms with Crippen LogP contribution in [0.4, 0.5) is 0 Å². The Balaban J connectivity index is 1.94. The number of hydrogen-bond donors (Lipinski definition) is 1. The molecule has 18 heavy (non-hydrogen) atoms. The van der Waals surface area contributed by atoms with E-state index in [1.807, 2.05) is 0 Å². The highest BCUT2D eigenvalue weighted by molar-refractivity contribution is 5.17. The molecule has 102 valence electrons. The fourth-order valence-electron chi connectivity index (χ4n) is 2.57. The van der Waals surface area contributed by atoms with Crippen LogP contribution in [0.5, 0.6) is 0 Å². The van der Waals surface area contributed by atoms with Crippen molar-refractivity contribution in [1.29, 1.82) is 0 Å². The van der Waals surface area contributed by atoms with Crippen LogP contribution < -0.4 is 5.32 Å². The van der Waals surface area contributed by atoms with E-state index in [1.165, 1.54) is 5.56 Å². The lowest BCUT2D eigenvalue weighted by molar-refractivity contribution is 0.0790. The van der Waals surface area contributed by atoms with Crippen LogP contribution in [0.15, 0.2) is 16.7 Å². The van der Waals surface area contributed by atoms with Gasteiger partial charge < -0.3 is 14.5 Å². The Kier molecular flexibility index (Phi) is 4.80. The highest BCUT2D eigenvalue weighted by Crippen LogP contribution is 2.21. The second-order valence-electron chi connectivity index (χ2n) is 5.00. The minimum Gasteiger partial charge on any atom is -0.468 e. The maximum atomic E-state index is 5.62. The van der Waals surface area contributed by atoms with Crippen LogP contribution in [0.3, 0.4) is 0 Å². The van der Waals surface area contributed by atoms with E-state index in [1.54, 1.807) is 6.26 Å². The van der Waals surface area contributed by atoms with Crippen molar-refractivity contribution in [3.8, 4) is 0 Å². The Morgan fingerprint density at radius 1 is 1.50 bits per heavy atom. The van der Waals surface area contributed by atoms with Crippen LogP contribution in [0, 0.1) is 0 Å². The van der Waals surface area contributed by atoms with Crippen molar-refractivity contribution >= 4 is 0 Å². The summed E-state index contributed by atoms with van der Waals surface area (Å²) in [6, 6.07) is 2.56. The number of ether oxygens (including phenoxy) is 1. The molecule has 4 nitrogen and oxygen atoms in total. The molecule has 1 aliphatic heterocycles. The molecule has 0 spiro atoms. The van der Waals surface area contributed by atoms with Gasteiger partial charge in [-0.3, -0.25) is 4.90 Å². The monoisotopic (exact) mass is 252 g/mol. The third-order valence-corrected chi connectivity index (χ3v) is 3.70. The molecule has 0 radical (unpaired) electrons. The van der Waals surface area contributed by atoms with Crippen molar-refractivity contribution < 1.29 is 9.15 Å². The summed E-state index contributed by atoms with van der Waals surface area (Å²) in [6.45, 7) is 7.85. The Morgan fingerprint density at radius 3 is 3.00 bits per heavy atom. The van der Waals surface area contributed by atoms with E-state index >= 15 is 0 Å². The number of furan rings is 1. The van der Waals surface area contributed by atoms with Gasteiger partial charge in [0.15, 0.2) is 0 Å². The lowest BCUT2D eigenvalue weighted by atomic mass is 10.1. The molecule has 0 saturated carbocycles. The van der Waals surface area contributed by atoms with Gasteiger partial charge in [-0.2, -0.15) is 0 Å². The fraction of sp³-hybridized carbons (Fsp3) is 0.714. The first-order chi connectivity index (χ1) is 8.72. The van der Waals surface area contributed by atoms with Crippen molar-refractivity contribution in [2.75, 3.05) is 20.2 Å². The Labute approximate surface area is 109 Å². The maximum absolute atomic E-state index is 5.62. The molecular weight excluding hydrogens is 228 g/mol. The van der Waals surface area contributed by atoms with E-state index in [0.29, 0.717) is 12.1 Å².